The first-order valence-electron chi connectivity index (χ1n) is 6.98. The van der Waals surface area contributed by atoms with Crippen LogP contribution in [0.15, 0.2) is 10.9 Å². The van der Waals surface area contributed by atoms with Crippen LogP contribution >= 0.6 is 0 Å². The Bertz CT molecular complexity index is 531. The van der Waals surface area contributed by atoms with Crippen LogP contribution in [-0.4, -0.2) is 46.7 Å². The van der Waals surface area contributed by atoms with Gasteiger partial charge in [-0.25, -0.2) is 4.79 Å². The first-order chi connectivity index (χ1) is 9.58. The highest BCUT2D eigenvalue weighted by atomic mass is 16.5. The summed E-state index contributed by atoms with van der Waals surface area (Å²) in [6, 6.07) is 1.85. The monoisotopic (exact) mass is 279 g/mol. The van der Waals surface area contributed by atoms with Gasteiger partial charge in [-0.3, -0.25) is 9.36 Å². The van der Waals surface area contributed by atoms with E-state index in [1.165, 1.54) is 0 Å². The molecule has 1 amide bonds. The van der Waals surface area contributed by atoms with Crippen LogP contribution in [-0.2, 0) is 16.1 Å². The number of ether oxygens (including phenoxy) is 1. The van der Waals surface area contributed by atoms with Gasteiger partial charge in [0.2, 0.25) is 5.91 Å². The lowest BCUT2D eigenvalue weighted by atomic mass is 10.3. The van der Waals surface area contributed by atoms with Crippen molar-refractivity contribution < 1.29 is 9.53 Å². The predicted molar refractivity (Wildman–Crippen MR) is 74.6 cm³/mol. The third kappa shape index (κ3) is 3.66. The largest absolute Gasteiger partial charge is 0.380 e. The van der Waals surface area contributed by atoms with Crippen molar-refractivity contribution in [2.75, 3.05) is 26.3 Å². The molecule has 0 atom stereocenters. The van der Waals surface area contributed by atoms with E-state index in [2.05, 4.69) is 4.98 Å². The highest BCUT2D eigenvalue weighted by Gasteiger charge is 2.16. The minimum absolute atomic E-state index is 0.0716. The van der Waals surface area contributed by atoms with E-state index in [9.17, 15) is 9.59 Å². The zero-order valence-electron chi connectivity index (χ0n) is 12.1. The second-order valence-corrected chi connectivity index (χ2v) is 5.07. The summed E-state index contributed by atoms with van der Waals surface area (Å²) in [5.41, 5.74) is 1.27. The van der Waals surface area contributed by atoms with Crippen LogP contribution < -0.4 is 5.69 Å². The number of carbonyl (C=O) groups is 1. The quantitative estimate of drug-likeness (QED) is 0.808. The Labute approximate surface area is 118 Å². The average molecular weight is 279 g/mol. The molecule has 1 aromatic rings. The molecule has 6 heteroatoms. The van der Waals surface area contributed by atoms with Gasteiger partial charge >= 0.3 is 5.69 Å². The smallest absolute Gasteiger partial charge is 0.347 e. The fourth-order valence-electron chi connectivity index (χ4n) is 2.41. The van der Waals surface area contributed by atoms with Gasteiger partial charge in [-0.2, -0.15) is 4.98 Å². The van der Waals surface area contributed by atoms with Crippen molar-refractivity contribution >= 4 is 5.91 Å². The zero-order valence-corrected chi connectivity index (χ0v) is 12.1. The van der Waals surface area contributed by atoms with E-state index in [0.29, 0.717) is 38.4 Å². The Kier molecular flexibility index (Phi) is 4.89. The van der Waals surface area contributed by atoms with Crippen molar-refractivity contribution in [1.82, 2.24) is 14.5 Å². The zero-order chi connectivity index (χ0) is 14.5. The Hall–Kier alpha value is -1.69. The molecule has 0 aromatic carbocycles. The highest BCUT2D eigenvalue weighted by Crippen LogP contribution is 2.04. The molecule has 0 saturated carbocycles. The van der Waals surface area contributed by atoms with Crippen LogP contribution in [0.4, 0.5) is 0 Å². The number of hydrogen-bond acceptors (Lipinski definition) is 4. The van der Waals surface area contributed by atoms with Crippen LogP contribution in [0, 0.1) is 13.8 Å². The number of amides is 1. The van der Waals surface area contributed by atoms with Gasteiger partial charge in [0, 0.05) is 44.0 Å². The lowest BCUT2D eigenvalue weighted by molar-refractivity contribution is -0.131. The van der Waals surface area contributed by atoms with Crippen molar-refractivity contribution in [1.29, 1.82) is 0 Å². The molecule has 110 valence electrons. The number of carbonyl (C=O) groups excluding carboxylic acids is 1. The molecule has 0 radical (unpaired) electrons. The number of aryl methyl sites for hydroxylation is 2. The molecule has 2 heterocycles. The number of nitrogens with zero attached hydrogens (tertiary/aromatic N) is 3. The molecule has 0 bridgehead atoms. The maximum atomic E-state index is 12.1. The first kappa shape index (κ1) is 14.7. The van der Waals surface area contributed by atoms with Gasteiger partial charge in [0.15, 0.2) is 0 Å². The summed E-state index contributed by atoms with van der Waals surface area (Å²) in [7, 11) is 0. The van der Waals surface area contributed by atoms with Crippen LogP contribution in [0.25, 0.3) is 0 Å². The Morgan fingerprint density at radius 3 is 2.90 bits per heavy atom. The molecule has 0 aliphatic carbocycles. The molecule has 0 unspecified atom stereocenters. The van der Waals surface area contributed by atoms with E-state index in [1.807, 2.05) is 17.9 Å². The van der Waals surface area contributed by atoms with Crippen molar-refractivity contribution in [2.24, 2.45) is 0 Å². The summed E-state index contributed by atoms with van der Waals surface area (Å²) < 4.78 is 6.88. The van der Waals surface area contributed by atoms with Crippen LogP contribution in [0.1, 0.15) is 24.2 Å². The number of hydrogen-bond donors (Lipinski definition) is 0. The van der Waals surface area contributed by atoms with E-state index < -0.39 is 0 Å². The van der Waals surface area contributed by atoms with Crippen LogP contribution in [0.5, 0.6) is 0 Å². The highest BCUT2D eigenvalue weighted by molar-refractivity contribution is 5.76. The van der Waals surface area contributed by atoms with Gasteiger partial charge in [-0.15, -0.1) is 0 Å². The molecule has 1 aliphatic rings. The fraction of sp³-hybridized carbons (Fsp3) is 0.643. The average Bonchev–Trinajstić information content (AvgIpc) is 2.66. The molecule has 2 rings (SSSR count). The number of aromatic nitrogens is 2. The van der Waals surface area contributed by atoms with Gasteiger partial charge in [0.1, 0.15) is 0 Å². The van der Waals surface area contributed by atoms with E-state index >= 15 is 0 Å². The minimum Gasteiger partial charge on any atom is -0.380 e. The maximum absolute atomic E-state index is 12.1. The van der Waals surface area contributed by atoms with Crippen molar-refractivity contribution in [3.63, 3.8) is 0 Å². The lowest BCUT2D eigenvalue weighted by Crippen LogP contribution is -2.35. The van der Waals surface area contributed by atoms with E-state index in [0.717, 1.165) is 18.7 Å². The summed E-state index contributed by atoms with van der Waals surface area (Å²) in [4.78, 5) is 29.7. The van der Waals surface area contributed by atoms with Crippen molar-refractivity contribution in [3.05, 3.63) is 27.9 Å². The molecule has 0 spiro atoms. The van der Waals surface area contributed by atoms with Crippen LogP contribution in [0.2, 0.25) is 0 Å². The summed E-state index contributed by atoms with van der Waals surface area (Å²) in [6.07, 6.45) is 1.20. The predicted octanol–water partition coefficient (Wildman–Crippen LogP) is 0.499. The second kappa shape index (κ2) is 6.65. The minimum atomic E-state index is -0.283. The standard InChI is InChI=1S/C14H21N3O3/c1-11-10-12(2)17(14(19)15-11)6-4-13(18)16-5-3-8-20-9-7-16/h10H,3-9H2,1-2H3. The summed E-state index contributed by atoms with van der Waals surface area (Å²) in [5.74, 6) is 0.0716. The topological polar surface area (TPSA) is 64.4 Å². The van der Waals surface area contributed by atoms with E-state index in [4.69, 9.17) is 4.74 Å². The Morgan fingerprint density at radius 1 is 1.35 bits per heavy atom. The molecule has 20 heavy (non-hydrogen) atoms. The van der Waals surface area contributed by atoms with Crippen LogP contribution in [0.3, 0.4) is 0 Å². The molecule has 6 nitrogen and oxygen atoms in total. The summed E-state index contributed by atoms with van der Waals surface area (Å²) in [6.45, 7) is 6.72. The van der Waals surface area contributed by atoms with Gasteiger partial charge in [-0.05, 0) is 26.3 Å². The molecular formula is C14H21N3O3. The first-order valence-corrected chi connectivity index (χ1v) is 6.98. The number of rotatable bonds is 3. The van der Waals surface area contributed by atoms with E-state index in [1.54, 1.807) is 11.5 Å². The molecule has 1 aliphatic heterocycles. The third-order valence-electron chi connectivity index (χ3n) is 3.47. The second-order valence-electron chi connectivity index (χ2n) is 5.07. The Morgan fingerprint density at radius 2 is 2.15 bits per heavy atom. The molecule has 1 aromatic heterocycles. The SMILES string of the molecule is Cc1cc(C)n(CCC(=O)N2CCCOCC2)c(=O)n1. The van der Waals surface area contributed by atoms with Crippen molar-refractivity contribution in [2.45, 2.75) is 33.2 Å². The molecule has 0 N–H and O–H groups in total. The fourth-order valence-corrected chi connectivity index (χ4v) is 2.41. The lowest BCUT2D eigenvalue weighted by Gasteiger charge is -2.20. The third-order valence-corrected chi connectivity index (χ3v) is 3.47. The van der Waals surface area contributed by atoms with Crippen molar-refractivity contribution in [3.8, 4) is 0 Å². The molecule has 1 fully saturated rings. The summed E-state index contributed by atoms with van der Waals surface area (Å²) in [5, 5.41) is 0. The van der Waals surface area contributed by atoms with Gasteiger partial charge in [0.05, 0.1) is 6.61 Å². The van der Waals surface area contributed by atoms with Gasteiger partial charge < -0.3 is 9.64 Å². The van der Waals surface area contributed by atoms with Gasteiger partial charge in [-0.1, -0.05) is 0 Å². The maximum Gasteiger partial charge on any atom is 0.347 e. The Balaban J connectivity index is 1.98. The van der Waals surface area contributed by atoms with Gasteiger partial charge in [0.25, 0.3) is 0 Å². The summed E-state index contributed by atoms with van der Waals surface area (Å²) >= 11 is 0. The normalized spacial score (nSPS) is 16.0. The molecular weight excluding hydrogens is 258 g/mol. The molecule has 1 saturated heterocycles. The van der Waals surface area contributed by atoms with E-state index in [-0.39, 0.29) is 11.6 Å².